The van der Waals surface area contributed by atoms with Crippen molar-refractivity contribution in [2.45, 2.75) is 32.2 Å². The van der Waals surface area contributed by atoms with Gasteiger partial charge in [-0.05, 0) is 44.4 Å². The number of nitrogens with zero attached hydrogens (tertiary/aromatic N) is 2. The molecule has 1 fully saturated rings. The van der Waals surface area contributed by atoms with Gasteiger partial charge in [-0.25, -0.2) is 4.79 Å². The number of aryl methyl sites for hydroxylation is 1. The Bertz CT molecular complexity index is 845. The molecule has 8 nitrogen and oxygen atoms in total. The number of carboxylic acids is 1. The molecular weight excluding hydrogens is 338 g/mol. The predicted octanol–water partition coefficient (Wildman–Crippen LogP) is 2.31. The molecule has 0 spiro atoms. The first-order chi connectivity index (χ1) is 12.5. The van der Waals surface area contributed by atoms with Gasteiger partial charge in [-0.15, -0.1) is 0 Å². The molecule has 0 radical (unpaired) electrons. The number of aliphatic carboxylic acids is 1. The van der Waals surface area contributed by atoms with Crippen LogP contribution < -0.4 is 5.32 Å². The molecule has 2 N–H and O–H groups in total. The molecule has 2 amide bonds. The second-order valence-electron chi connectivity index (χ2n) is 6.21. The number of aromatic nitrogens is 1. The van der Waals surface area contributed by atoms with E-state index < -0.39 is 17.9 Å². The summed E-state index contributed by atoms with van der Waals surface area (Å²) in [4.78, 5) is 37.7. The number of hydrogen-bond donors (Lipinski definition) is 2. The summed E-state index contributed by atoms with van der Waals surface area (Å²) < 4.78 is 4.87. The molecule has 1 saturated heterocycles. The summed E-state index contributed by atoms with van der Waals surface area (Å²) in [6.45, 7) is 2.09. The van der Waals surface area contributed by atoms with Crippen LogP contribution in [0.2, 0.25) is 0 Å². The molecule has 1 unspecified atom stereocenters. The maximum absolute atomic E-state index is 12.7. The molecule has 136 valence electrons. The molecule has 3 rings (SSSR count). The molecule has 2 heterocycles. The van der Waals surface area contributed by atoms with E-state index in [1.807, 2.05) is 0 Å². The third kappa shape index (κ3) is 3.74. The standard InChI is InChI=1S/C18H19N3O5/c1-11-9-14(20-26-11)16(22)19-13-6-4-5-12(10-13)17(23)21-8-3-2-7-15(21)18(24)25/h4-6,9-10,15H,2-3,7-8H2,1H3,(H,19,22)(H,24,25). The van der Waals surface area contributed by atoms with Crippen molar-refractivity contribution in [1.82, 2.24) is 10.1 Å². The zero-order chi connectivity index (χ0) is 18.7. The molecule has 26 heavy (non-hydrogen) atoms. The van der Waals surface area contributed by atoms with Crippen molar-refractivity contribution < 1.29 is 24.0 Å². The fourth-order valence-electron chi connectivity index (χ4n) is 3.00. The Labute approximate surface area is 149 Å². The van der Waals surface area contributed by atoms with E-state index in [2.05, 4.69) is 10.5 Å². The Morgan fingerprint density at radius 2 is 2.08 bits per heavy atom. The summed E-state index contributed by atoms with van der Waals surface area (Å²) in [5, 5.41) is 15.6. The molecule has 1 aromatic carbocycles. The van der Waals surface area contributed by atoms with Gasteiger partial charge in [0.25, 0.3) is 11.8 Å². The number of piperidine rings is 1. The number of carbonyl (C=O) groups is 3. The number of benzene rings is 1. The lowest BCUT2D eigenvalue weighted by Crippen LogP contribution is -2.48. The number of nitrogens with one attached hydrogen (secondary N) is 1. The quantitative estimate of drug-likeness (QED) is 0.868. The van der Waals surface area contributed by atoms with Gasteiger partial charge in [0.15, 0.2) is 5.69 Å². The number of likely N-dealkylation sites (tertiary alicyclic amines) is 1. The fourth-order valence-corrected chi connectivity index (χ4v) is 3.00. The number of carboxylic acid groups (broad SMARTS) is 1. The zero-order valence-electron chi connectivity index (χ0n) is 14.3. The van der Waals surface area contributed by atoms with Gasteiger partial charge in [-0.3, -0.25) is 9.59 Å². The smallest absolute Gasteiger partial charge is 0.326 e. The van der Waals surface area contributed by atoms with Crippen LogP contribution in [0.1, 0.15) is 45.9 Å². The summed E-state index contributed by atoms with van der Waals surface area (Å²) in [7, 11) is 0. The van der Waals surface area contributed by atoms with Crippen LogP contribution in [0.4, 0.5) is 5.69 Å². The van der Waals surface area contributed by atoms with Gasteiger partial charge in [0.2, 0.25) is 0 Å². The van der Waals surface area contributed by atoms with Crippen molar-refractivity contribution in [1.29, 1.82) is 0 Å². The molecule has 0 bridgehead atoms. The van der Waals surface area contributed by atoms with Crippen LogP contribution in [0.25, 0.3) is 0 Å². The van der Waals surface area contributed by atoms with Crippen molar-refractivity contribution in [2.75, 3.05) is 11.9 Å². The van der Waals surface area contributed by atoms with E-state index in [0.717, 1.165) is 12.8 Å². The molecule has 1 aliphatic rings. The van der Waals surface area contributed by atoms with Crippen LogP contribution >= 0.6 is 0 Å². The molecular formula is C18H19N3O5. The highest BCUT2D eigenvalue weighted by atomic mass is 16.5. The van der Waals surface area contributed by atoms with E-state index in [4.69, 9.17) is 4.52 Å². The maximum atomic E-state index is 12.7. The van der Waals surface area contributed by atoms with E-state index in [9.17, 15) is 19.5 Å². The van der Waals surface area contributed by atoms with E-state index in [-0.39, 0.29) is 11.6 Å². The van der Waals surface area contributed by atoms with Crippen molar-refractivity contribution in [3.05, 3.63) is 47.3 Å². The minimum atomic E-state index is -0.996. The predicted molar refractivity (Wildman–Crippen MR) is 91.9 cm³/mol. The van der Waals surface area contributed by atoms with Crippen molar-refractivity contribution in [2.24, 2.45) is 0 Å². The Balaban J connectivity index is 1.77. The third-order valence-corrected chi connectivity index (χ3v) is 4.28. The first kappa shape index (κ1) is 17.7. The summed E-state index contributed by atoms with van der Waals surface area (Å²) in [5.74, 6) is -1.29. The topological polar surface area (TPSA) is 113 Å². The molecule has 0 aliphatic carbocycles. The number of hydrogen-bond acceptors (Lipinski definition) is 5. The lowest BCUT2D eigenvalue weighted by molar-refractivity contribution is -0.143. The summed E-state index contributed by atoms with van der Waals surface area (Å²) in [5.41, 5.74) is 0.888. The number of carbonyl (C=O) groups excluding carboxylic acids is 2. The third-order valence-electron chi connectivity index (χ3n) is 4.28. The van der Waals surface area contributed by atoms with E-state index >= 15 is 0 Å². The van der Waals surface area contributed by atoms with Crippen LogP contribution in [-0.4, -0.2) is 45.5 Å². The van der Waals surface area contributed by atoms with Gasteiger partial charge in [0.1, 0.15) is 11.8 Å². The Morgan fingerprint density at radius 1 is 1.27 bits per heavy atom. The first-order valence-corrected chi connectivity index (χ1v) is 8.34. The second kappa shape index (κ2) is 7.38. The molecule has 1 aliphatic heterocycles. The Hall–Kier alpha value is -3.16. The average molecular weight is 357 g/mol. The van der Waals surface area contributed by atoms with Crippen LogP contribution in [0, 0.1) is 6.92 Å². The number of amides is 2. The highest BCUT2D eigenvalue weighted by Crippen LogP contribution is 2.21. The Kier molecular flexibility index (Phi) is 5.01. The summed E-state index contributed by atoms with van der Waals surface area (Å²) in [6.07, 6.45) is 2.01. The van der Waals surface area contributed by atoms with Crippen LogP contribution in [0.3, 0.4) is 0 Å². The minimum absolute atomic E-state index is 0.140. The van der Waals surface area contributed by atoms with Gasteiger partial charge in [0, 0.05) is 23.9 Å². The number of anilines is 1. The van der Waals surface area contributed by atoms with Gasteiger partial charge >= 0.3 is 5.97 Å². The summed E-state index contributed by atoms with van der Waals surface area (Å²) in [6, 6.07) is 7.11. The molecule has 2 aromatic rings. The summed E-state index contributed by atoms with van der Waals surface area (Å²) >= 11 is 0. The highest BCUT2D eigenvalue weighted by molar-refractivity contribution is 6.04. The van der Waals surface area contributed by atoms with E-state index in [1.165, 1.54) is 17.0 Å². The molecule has 1 atom stereocenters. The second-order valence-corrected chi connectivity index (χ2v) is 6.21. The highest BCUT2D eigenvalue weighted by Gasteiger charge is 2.32. The Morgan fingerprint density at radius 3 is 2.77 bits per heavy atom. The zero-order valence-corrected chi connectivity index (χ0v) is 14.3. The lowest BCUT2D eigenvalue weighted by atomic mass is 10.0. The van der Waals surface area contributed by atoms with E-state index in [1.54, 1.807) is 25.1 Å². The largest absolute Gasteiger partial charge is 0.480 e. The van der Waals surface area contributed by atoms with Crippen LogP contribution in [0.15, 0.2) is 34.9 Å². The van der Waals surface area contributed by atoms with Crippen LogP contribution in [-0.2, 0) is 4.79 Å². The average Bonchev–Trinajstić information content (AvgIpc) is 3.08. The molecule has 1 aromatic heterocycles. The maximum Gasteiger partial charge on any atom is 0.326 e. The van der Waals surface area contributed by atoms with Crippen molar-refractivity contribution in [3.63, 3.8) is 0 Å². The minimum Gasteiger partial charge on any atom is -0.480 e. The number of rotatable bonds is 4. The van der Waals surface area contributed by atoms with Crippen molar-refractivity contribution >= 4 is 23.5 Å². The van der Waals surface area contributed by atoms with Gasteiger partial charge in [-0.1, -0.05) is 11.2 Å². The van der Waals surface area contributed by atoms with Gasteiger partial charge < -0.3 is 19.8 Å². The SMILES string of the molecule is Cc1cc(C(=O)Nc2cccc(C(=O)N3CCCCC3C(=O)O)c2)no1. The normalized spacial score (nSPS) is 17.0. The lowest BCUT2D eigenvalue weighted by Gasteiger charge is -2.33. The van der Waals surface area contributed by atoms with E-state index in [0.29, 0.717) is 30.0 Å². The fraction of sp³-hybridized carbons (Fsp3) is 0.333. The van der Waals surface area contributed by atoms with Crippen LogP contribution in [0.5, 0.6) is 0 Å². The molecule has 8 heteroatoms. The van der Waals surface area contributed by atoms with Gasteiger partial charge in [0.05, 0.1) is 0 Å². The monoisotopic (exact) mass is 357 g/mol. The van der Waals surface area contributed by atoms with Gasteiger partial charge in [-0.2, -0.15) is 0 Å². The molecule has 0 saturated carbocycles. The van der Waals surface area contributed by atoms with Crippen molar-refractivity contribution in [3.8, 4) is 0 Å². The first-order valence-electron chi connectivity index (χ1n) is 8.34.